The number of carbonyl (C=O) groups is 1. The van der Waals surface area contributed by atoms with Crippen LogP contribution in [0.3, 0.4) is 0 Å². The van der Waals surface area contributed by atoms with Crippen molar-refractivity contribution in [2.45, 2.75) is 59.4 Å². The van der Waals surface area contributed by atoms with Crippen molar-refractivity contribution in [2.24, 2.45) is 5.41 Å². The average molecular weight is 286 g/mol. The standard InChI is InChI=1S/C15H26O5/c1-6-7-15(4,5)12(10-13-17-8-9-18-13)19-20-14(16)11(2)3/h12-13H,2,6-10H2,1,3-5H3. The Morgan fingerprint density at radius 1 is 1.40 bits per heavy atom. The Morgan fingerprint density at radius 3 is 2.50 bits per heavy atom. The molecule has 5 heteroatoms. The van der Waals surface area contributed by atoms with E-state index >= 15 is 0 Å². The van der Waals surface area contributed by atoms with Crippen LogP contribution < -0.4 is 0 Å². The first-order valence-corrected chi connectivity index (χ1v) is 7.13. The minimum absolute atomic E-state index is 0.139. The Labute approximate surface area is 121 Å². The van der Waals surface area contributed by atoms with Crippen molar-refractivity contribution in [3.05, 3.63) is 12.2 Å². The lowest BCUT2D eigenvalue weighted by atomic mass is 9.80. The number of rotatable bonds is 8. The monoisotopic (exact) mass is 286 g/mol. The molecule has 5 nitrogen and oxygen atoms in total. The van der Waals surface area contributed by atoms with Crippen LogP contribution in [0.1, 0.15) is 47.0 Å². The van der Waals surface area contributed by atoms with Crippen LogP contribution in [0.4, 0.5) is 0 Å². The van der Waals surface area contributed by atoms with Crippen LogP contribution in [0.15, 0.2) is 12.2 Å². The van der Waals surface area contributed by atoms with Crippen molar-refractivity contribution in [3.8, 4) is 0 Å². The largest absolute Gasteiger partial charge is 0.368 e. The van der Waals surface area contributed by atoms with Gasteiger partial charge in [0, 0.05) is 12.0 Å². The van der Waals surface area contributed by atoms with Gasteiger partial charge in [0.15, 0.2) is 6.29 Å². The van der Waals surface area contributed by atoms with E-state index in [0.29, 0.717) is 25.2 Å². The highest BCUT2D eigenvalue weighted by Crippen LogP contribution is 2.33. The van der Waals surface area contributed by atoms with Gasteiger partial charge in [-0.2, -0.15) is 4.89 Å². The van der Waals surface area contributed by atoms with E-state index in [2.05, 4.69) is 27.4 Å². The Kier molecular flexibility index (Phi) is 6.65. The van der Waals surface area contributed by atoms with Gasteiger partial charge in [0.1, 0.15) is 6.10 Å². The molecule has 1 aliphatic rings. The lowest BCUT2D eigenvalue weighted by molar-refractivity contribution is -0.320. The number of hydrogen-bond acceptors (Lipinski definition) is 5. The number of hydrogen-bond donors (Lipinski definition) is 0. The summed E-state index contributed by atoms with van der Waals surface area (Å²) >= 11 is 0. The fourth-order valence-corrected chi connectivity index (χ4v) is 2.18. The summed E-state index contributed by atoms with van der Waals surface area (Å²) in [6, 6.07) is 0. The van der Waals surface area contributed by atoms with Crippen molar-refractivity contribution in [2.75, 3.05) is 13.2 Å². The quantitative estimate of drug-likeness (QED) is 0.390. The maximum Gasteiger partial charge on any atom is 0.368 e. The molecule has 0 N–H and O–H groups in total. The van der Waals surface area contributed by atoms with Gasteiger partial charge in [0.25, 0.3) is 0 Å². The van der Waals surface area contributed by atoms with Crippen molar-refractivity contribution in [3.63, 3.8) is 0 Å². The van der Waals surface area contributed by atoms with E-state index in [-0.39, 0.29) is 17.8 Å². The van der Waals surface area contributed by atoms with Gasteiger partial charge in [0.2, 0.25) is 0 Å². The summed E-state index contributed by atoms with van der Waals surface area (Å²) in [4.78, 5) is 21.7. The molecule has 1 heterocycles. The van der Waals surface area contributed by atoms with Gasteiger partial charge in [-0.3, -0.25) is 4.89 Å². The summed E-state index contributed by atoms with van der Waals surface area (Å²) in [5, 5.41) is 0. The molecule has 116 valence electrons. The van der Waals surface area contributed by atoms with Crippen LogP contribution >= 0.6 is 0 Å². The molecule has 20 heavy (non-hydrogen) atoms. The highest BCUT2D eigenvalue weighted by Gasteiger charge is 2.35. The van der Waals surface area contributed by atoms with Crippen molar-refractivity contribution in [1.29, 1.82) is 0 Å². The summed E-state index contributed by atoms with van der Waals surface area (Å²) in [6.45, 7) is 12.6. The first-order chi connectivity index (χ1) is 9.36. The third kappa shape index (κ3) is 5.23. The minimum Gasteiger partial charge on any atom is -0.350 e. The second kappa shape index (κ2) is 7.76. The van der Waals surface area contributed by atoms with Crippen molar-refractivity contribution in [1.82, 2.24) is 0 Å². The van der Waals surface area contributed by atoms with Gasteiger partial charge < -0.3 is 9.47 Å². The first kappa shape index (κ1) is 17.1. The van der Waals surface area contributed by atoms with E-state index in [9.17, 15) is 4.79 Å². The predicted molar refractivity (Wildman–Crippen MR) is 74.8 cm³/mol. The molecule has 0 aromatic rings. The summed E-state index contributed by atoms with van der Waals surface area (Å²) in [5.41, 5.74) is 0.171. The van der Waals surface area contributed by atoms with Crippen LogP contribution in [-0.4, -0.2) is 31.6 Å². The number of ether oxygens (including phenoxy) is 2. The smallest absolute Gasteiger partial charge is 0.350 e. The van der Waals surface area contributed by atoms with E-state index < -0.39 is 5.97 Å². The molecule has 0 saturated carbocycles. The summed E-state index contributed by atoms with van der Waals surface area (Å²) in [7, 11) is 0. The molecule has 0 radical (unpaired) electrons. The molecule has 1 aliphatic heterocycles. The van der Waals surface area contributed by atoms with Crippen molar-refractivity contribution >= 4 is 5.97 Å². The van der Waals surface area contributed by atoms with Crippen LogP contribution in [0, 0.1) is 5.41 Å². The summed E-state index contributed by atoms with van der Waals surface area (Å²) in [5.74, 6) is -0.546. The highest BCUT2D eigenvalue weighted by molar-refractivity contribution is 5.86. The molecule has 0 spiro atoms. The molecular formula is C15H26O5. The molecule has 1 atom stereocenters. The zero-order valence-corrected chi connectivity index (χ0v) is 12.9. The fourth-order valence-electron chi connectivity index (χ4n) is 2.18. The Morgan fingerprint density at radius 2 is 2.00 bits per heavy atom. The molecule has 0 amide bonds. The zero-order chi connectivity index (χ0) is 15.2. The van der Waals surface area contributed by atoms with Crippen LogP contribution in [-0.2, 0) is 24.0 Å². The molecule has 0 aromatic heterocycles. The Bertz CT molecular complexity index is 331. The van der Waals surface area contributed by atoms with Crippen LogP contribution in [0.25, 0.3) is 0 Å². The molecule has 0 aromatic carbocycles. The van der Waals surface area contributed by atoms with Gasteiger partial charge in [0.05, 0.1) is 13.2 Å². The van der Waals surface area contributed by atoms with Gasteiger partial charge in [-0.25, -0.2) is 4.79 Å². The number of carbonyl (C=O) groups excluding carboxylic acids is 1. The molecule has 1 fully saturated rings. The molecule has 0 aliphatic carbocycles. The maximum absolute atomic E-state index is 11.5. The Balaban J connectivity index is 2.62. The average Bonchev–Trinajstić information content (AvgIpc) is 2.86. The van der Waals surface area contributed by atoms with Crippen molar-refractivity contribution < 1.29 is 24.0 Å². The molecule has 1 rings (SSSR count). The zero-order valence-electron chi connectivity index (χ0n) is 12.9. The van der Waals surface area contributed by atoms with E-state index in [1.165, 1.54) is 0 Å². The molecule has 1 unspecified atom stereocenters. The topological polar surface area (TPSA) is 54.0 Å². The third-order valence-electron chi connectivity index (χ3n) is 3.45. The predicted octanol–water partition coefficient (Wildman–Crippen LogP) is 3.00. The van der Waals surface area contributed by atoms with Crippen LogP contribution in [0.5, 0.6) is 0 Å². The van der Waals surface area contributed by atoms with Crippen LogP contribution in [0.2, 0.25) is 0 Å². The highest BCUT2D eigenvalue weighted by atomic mass is 17.2. The summed E-state index contributed by atoms with van der Waals surface area (Å²) in [6.07, 6.45) is 1.94. The SMILES string of the molecule is C=C(C)C(=O)OOC(CC1OCCO1)C(C)(C)CCC. The van der Waals surface area contributed by atoms with Gasteiger partial charge in [-0.05, 0) is 18.8 Å². The van der Waals surface area contributed by atoms with E-state index in [1.807, 2.05) is 0 Å². The second-order valence-corrected chi connectivity index (χ2v) is 5.88. The minimum atomic E-state index is -0.546. The fraction of sp³-hybridized carbons (Fsp3) is 0.800. The molecule has 1 saturated heterocycles. The lowest BCUT2D eigenvalue weighted by Crippen LogP contribution is -2.36. The van der Waals surface area contributed by atoms with E-state index in [0.717, 1.165) is 12.8 Å². The summed E-state index contributed by atoms with van der Waals surface area (Å²) < 4.78 is 10.9. The lowest BCUT2D eigenvalue weighted by Gasteiger charge is -2.33. The Hall–Kier alpha value is -0.910. The van der Waals surface area contributed by atoms with E-state index in [1.54, 1.807) is 6.92 Å². The van der Waals surface area contributed by atoms with Gasteiger partial charge in [-0.1, -0.05) is 33.8 Å². The third-order valence-corrected chi connectivity index (χ3v) is 3.45. The van der Waals surface area contributed by atoms with E-state index in [4.69, 9.17) is 19.2 Å². The maximum atomic E-state index is 11.5. The van der Waals surface area contributed by atoms with Gasteiger partial charge >= 0.3 is 5.97 Å². The molecule has 0 bridgehead atoms. The van der Waals surface area contributed by atoms with Gasteiger partial charge in [-0.15, -0.1) is 0 Å². The molecular weight excluding hydrogens is 260 g/mol. The second-order valence-electron chi connectivity index (χ2n) is 5.88. The normalized spacial score (nSPS) is 18.0. The first-order valence-electron chi connectivity index (χ1n) is 7.13.